The van der Waals surface area contributed by atoms with Gasteiger partial charge in [-0.25, -0.2) is 9.78 Å². The molecule has 0 aliphatic rings. The summed E-state index contributed by atoms with van der Waals surface area (Å²) in [6, 6.07) is 0. The topological polar surface area (TPSA) is 68.3 Å². The van der Waals surface area contributed by atoms with E-state index in [0.717, 1.165) is 0 Å². The number of hydrogen-bond donors (Lipinski definition) is 1. The molecule has 5 nitrogen and oxygen atoms in total. The van der Waals surface area contributed by atoms with Crippen LogP contribution in [0.4, 0.5) is 0 Å². The summed E-state index contributed by atoms with van der Waals surface area (Å²) in [5.74, 6) is -0.713. The number of nitrogens with zero attached hydrogens (tertiary/aromatic N) is 1. The fourth-order valence-electron chi connectivity index (χ4n) is 1.10. The van der Waals surface area contributed by atoms with Crippen LogP contribution in [-0.4, -0.2) is 22.5 Å². The number of amides is 1. The van der Waals surface area contributed by atoms with Gasteiger partial charge in [0.2, 0.25) is 5.91 Å². The Bertz CT molecular complexity index is 486. The van der Waals surface area contributed by atoms with Crippen molar-refractivity contribution in [2.24, 2.45) is 0 Å². The van der Waals surface area contributed by atoms with Crippen LogP contribution in [0.2, 0.25) is 0 Å². The number of rotatable bonds is 3. The average Bonchev–Trinajstić information content (AvgIpc) is 2.61. The number of thiazole rings is 1. The van der Waals surface area contributed by atoms with E-state index in [-0.39, 0.29) is 11.6 Å². The van der Waals surface area contributed by atoms with Crippen LogP contribution in [0.15, 0.2) is 12.0 Å². The van der Waals surface area contributed by atoms with Crippen molar-refractivity contribution in [1.29, 1.82) is 0 Å². The first-order chi connectivity index (χ1) is 8.19. The van der Waals surface area contributed by atoms with Gasteiger partial charge in [0.15, 0.2) is 5.69 Å². The second-order valence-electron chi connectivity index (χ2n) is 4.70. The normalized spacial score (nSPS) is 10.9. The summed E-state index contributed by atoms with van der Waals surface area (Å²) >= 11 is 1.23. The third-order valence-corrected chi connectivity index (χ3v) is 2.60. The number of carbonyl (C=O) groups excluding carboxylic acids is 2. The van der Waals surface area contributed by atoms with Crippen LogP contribution in [-0.2, 0) is 9.53 Å². The predicted molar refractivity (Wildman–Crippen MR) is 70.1 cm³/mol. The molecular formula is C12H16N2O3S. The Morgan fingerprint density at radius 3 is 2.56 bits per heavy atom. The van der Waals surface area contributed by atoms with Gasteiger partial charge in [-0.3, -0.25) is 4.79 Å². The van der Waals surface area contributed by atoms with E-state index in [1.165, 1.54) is 18.3 Å². The summed E-state index contributed by atoms with van der Waals surface area (Å²) < 4.78 is 5.19. The van der Waals surface area contributed by atoms with Crippen molar-refractivity contribution >= 4 is 28.9 Å². The molecule has 1 N–H and O–H groups in total. The Morgan fingerprint density at radius 1 is 1.44 bits per heavy atom. The summed E-state index contributed by atoms with van der Waals surface area (Å²) in [6.45, 7) is 10.4. The number of ether oxygens (including phenoxy) is 1. The minimum atomic E-state index is -0.560. The molecule has 0 fully saturated rings. The van der Waals surface area contributed by atoms with Gasteiger partial charge in [0.25, 0.3) is 0 Å². The molecule has 0 saturated heterocycles. The van der Waals surface area contributed by atoms with Gasteiger partial charge < -0.3 is 10.1 Å². The largest absolute Gasteiger partial charge is 0.455 e. The maximum Gasteiger partial charge on any atom is 0.358 e. The quantitative estimate of drug-likeness (QED) is 0.853. The first-order valence-electron chi connectivity index (χ1n) is 5.35. The van der Waals surface area contributed by atoms with Crippen molar-refractivity contribution in [3.05, 3.63) is 22.7 Å². The van der Waals surface area contributed by atoms with Crippen LogP contribution < -0.4 is 5.32 Å². The Hall–Kier alpha value is -1.69. The van der Waals surface area contributed by atoms with Gasteiger partial charge in [-0.15, -0.1) is 11.3 Å². The molecule has 1 aromatic heterocycles. The van der Waals surface area contributed by atoms with Gasteiger partial charge in [0.1, 0.15) is 10.6 Å². The van der Waals surface area contributed by atoms with E-state index in [9.17, 15) is 9.59 Å². The van der Waals surface area contributed by atoms with E-state index in [1.54, 1.807) is 26.2 Å². The van der Waals surface area contributed by atoms with Crippen LogP contribution in [0.1, 0.15) is 43.2 Å². The van der Waals surface area contributed by atoms with E-state index in [0.29, 0.717) is 10.7 Å². The highest BCUT2D eigenvalue weighted by molar-refractivity contribution is 7.11. The maximum atomic E-state index is 11.7. The zero-order chi connectivity index (χ0) is 13.9. The molecule has 0 aromatic carbocycles. The summed E-state index contributed by atoms with van der Waals surface area (Å²) in [5, 5.41) is 4.59. The third kappa shape index (κ3) is 4.29. The summed E-state index contributed by atoms with van der Waals surface area (Å²) in [5.41, 5.74) is 0.0360. The molecule has 0 atom stereocenters. The number of aromatic nitrogens is 1. The molecule has 0 bridgehead atoms. The molecule has 0 aliphatic carbocycles. The summed E-state index contributed by atoms with van der Waals surface area (Å²) in [6.07, 6.45) is 0. The van der Waals surface area contributed by atoms with Gasteiger partial charge in [0.05, 0.1) is 5.70 Å². The summed E-state index contributed by atoms with van der Waals surface area (Å²) in [4.78, 5) is 26.7. The van der Waals surface area contributed by atoms with Crippen molar-refractivity contribution < 1.29 is 14.3 Å². The Morgan fingerprint density at radius 2 is 2.06 bits per heavy atom. The predicted octanol–water partition coefficient (Wildman–Crippen LogP) is 2.21. The number of nitrogens with one attached hydrogen (secondary N) is 1. The van der Waals surface area contributed by atoms with E-state index >= 15 is 0 Å². The molecule has 1 aromatic rings. The van der Waals surface area contributed by atoms with Crippen molar-refractivity contribution in [3.8, 4) is 0 Å². The second-order valence-corrected chi connectivity index (χ2v) is 5.56. The molecule has 0 aliphatic heterocycles. The number of esters is 1. The monoisotopic (exact) mass is 268 g/mol. The highest BCUT2D eigenvalue weighted by Crippen LogP contribution is 2.18. The standard InChI is InChI=1S/C12H16N2O3S/c1-7(13-8(2)15)10-14-9(6-18-10)11(16)17-12(3,4)5/h6H,1H2,2-5H3,(H,13,15). The van der Waals surface area contributed by atoms with Crippen LogP contribution in [0.3, 0.4) is 0 Å². The molecule has 1 heterocycles. The van der Waals surface area contributed by atoms with Crippen molar-refractivity contribution in [2.45, 2.75) is 33.3 Å². The molecular weight excluding hydrogens is 252 g/mol. The SMILES string of the molecule is C=C(NC(C)=O)c1nc(C(=O)OC(C)(C)C)cs1. The van der Waals surface area contributed by atoms with Gasteiger partial charge in [0, 0.05) is 12.3 Å². The summed E-state index contributed by atoms with van der Waals surface area (Å²) in [7, 11) is 0. The average molecular weight is 268 g/mol. The van der Waals surface area contributed by atoms with Crippen molar-refractivity contribution in [2.75, 3.05) is 0 Å². The van der Waals surface area contributed by atoms with Crippen molar-refractivity contribution in [1.82, 2.24) is 10.3 Å². The zero-order valence-corrected chi connectivity index (χ0v) is 11.7. The molecule has 0 spiro atoms. The minimum Gasteiger partial charge on any atom is -0.455 e. The lowest BCUT2D eigenvalue weighted by Crippen LogP contribution is -2.24. The third-order valence-electron chi connectivity index (χ3n) is 1.70. The lowest BCUT2D eigenvalue weighted by atomic mass is 10.2. The highest BCUT2D eigenvalue weighted by Gasteiger charge is 2.20. The molecule has 18 heavy (non-hydrogen) atoms. The van der Waals surface area contributed by atoms with Crippen LogP contribution in [0.25, 0.3) is 5.70 Å². The Labute approximate surface area is 110 Å². The van der Waals surface area contributed by atoms with E-state index in [2.05, 4.69) is 16.9 Å². The highest BCUT2D eigenvalue weighted by atomic mass is 32.1. The zero-order valence-electron chi connectivity index (χ0n) is 10.9. The van der Waals surface area contributed by atoms with Crippen LogP contribution in [0, 0.1) is 0 Å². The molecule has 0 radical (unpaired) electrons. The van der Waals surface area contributed by atoms with Gasteiger partial charge >= 0.3 is 5.97 Å². The first-order valence-corrected chi connectivity index (χ1v) is 6.23. The van der Waals surface area contributed by atoms with Crippen LogP contribution >= 0.6 is 11.3 Å². The lowest BCUT2D eigenvalue weighted by molar-refractivity contribution is -0.117. The minimum absolute atomic E-state index is 0.219. The second kappa shape index (κ2) is 5.30. The molecule has 1 amide bonds. The number of carbonyl (C=O) groups is 2. The smallest absolute Gasteiger partial charge is 0.358 e. The fraction of sp³-hybridized carbons (Fsp3) is 0.417. The van der Waals surface area contributed by atoms with E-state index in [1.807, 2.05) is 0 Å². The molecule has 0 saturated carbocycles. The first kappa shape index (κ1) is 14.4. The van der Waals surface area contributed by atoms with E-state index in [4.69, 9.17) is 4.74 Å². The fourth-order valence-corrected chi connectivity index (χ4v) is 1.82. The van der Waals surface area contributed by atoms with Gasteiger partial charge in [-0.05, 0) is 20.8 Å². The lowest BCUT2D eigenvalue weighted by Gasteiger charge is -2.18. The number of hydrogen-bond acceptors (Lipinski definition) is 5. The van der Waals surface area contributed by atoms with E-state index < -0.39 is 11.6 Å². The molecule has 98 valence electrons. The van der Waals surface area contributed by atoms with Gasteiger partial charge in [-0.2, -0.15) is 0 Å². The molecule has 0 unspecified atom stereocenters. The molecule has 6 heteroatoms. The Balaban J connectivity index is 2.77. The molecule has 1 rings (SSSR count). The van der Waals surface area contributed by atoms with Gasteiger partial charge in [-0.1, -0.05) is 6.58 Å². The van der Waals surface area contributed by atoms with Crippen molar-refractivity contribution in [3.63, 3.8) is 0 Å². The Kier molecular flexibility index (Phi) is 4.24. The van der Waals surface area contributed by atoms with Crippen LogP contribution in [0.5, 0.6) is 0 Å². The maximum absolute atomic E-state index is 11.7.